The number of aromatic nitrogens is 4. The molecule has 0 aliphatic carbocycles. The molecule has 0 saturated carbocycles. The molecule has 0 bridgehead atoms. The molecule has 0 saturated heterocycles. The van der Waals surface area contributed by atoms with E-state index < -0.39 is 16.8 Å². The smallest absolute Gasteiger partial charge is 0.305 e. The van der Waals surface area contributed by atoms with Gasteiger partial charge in [-0.25, -0.2) is 9.78 Å². The Balaban J connectivity index is 2.14. The number of nitrogens with one attached hydrogen (secondary N) is 3. The number of benzene rings is 1. The van der Waals surface area contributed by atoms with Gasteiger partial charge in [0.15, 0.2) is 5.52 Å². The molecule has 7 heteroatoms. The van der Waals surface area contributed by atoms with Gasteiger partial charge in [-0.05, 0) is 11.6 Å². The molecular weight excluding hydrogens is 272 g/mol. The minimum atomic E-state index is -0.697. The van der Waals surface area contributed by atoms with Crippen molar-refractivity contribution in [3.63, 3.8) is 0 Å². The summed E-state index contributed by atoms with van der Waals surface area (Å²) in [6, 6.07) is 9.36. The standard InChI is InChI=1S/C14H10N4O3/c19-12-9(7-6-8-4-2-1-3-5-8)15-10-11(16-12)17-14(21)18-13(10)20/h1-7H,(H3,16,17,18,19,20,21)/b7-6+. The van der Waals surface area contributed by atoms with Crippen LogP contribution in [0.3, 0.4) is 0 Å². The summed E-state index contributed by atoms with van der Waals surface area (Å²) in [7, 11) is 0. The fourth-order valence-corrected chi connectivity index (χ4v) is 1.88. The van der Waals surface area contributed by atoms with Gasteiger partial charge in [-0.3, -0.25) is 19.6 Å². The molecule has 3 aromatic rings. The van der Waals surface area contributed by atoms with Crippen LogP contribution in [0.15, 0.2) is 44.7 Å². The van der Waals surface area contributed by atoms with Gasteiger partial charge in [-0.2, -0.15) is 0 Å². The Labute approximate surface area is 117 Å². The lowest BCUT2D eigenvalue weighted by atomic mass is 10.2. The Hall–Kier alpha value is -3.22. The summed E-state index contributed by atoms with van der Waals surface area (Å²) in [5.41, 5.74) is -0.876. The molecule has 0 spiro atoms. The van der Waals surface area contributed by atoms with Crippen LogP contribution >= 0.6 is 0 Å². The fraction of sp³-hybridized carbons (Fsp3) is 0. The second-order valence-corrected chi connectivity index (χ2v) is 4.33. The van der Waals surface area contributed by atoms with Crippen LogP contribution in [0.4, 0.5) is 0 Å². The summed E-state index contributed by atoms with van der Waals surface area (Å²) in [5.74, 6) is 0. The Morgan fingerprint density at radius 1 is 0.857 bits per heavy atom. The average Bonchev–Trinajstić information content (AvgIpc) is 2.46. The Morgan fingerprint density at radius 3 is 2.38 bits per heavy atom. The summed E-state index contributed by atoms with van der Waals surface area (Å²) in [5, 5.41) is 0. The third-order valence-corrected chi connectivity index (χ3v) is 2.85. The van der Waals surface area contributed by atoms with Gasteiger partial charge in [-0.15, -0.1) is 0 Å². The molecule has 0 fully saturated rings. The average molecular weight is 282 g/mol. The van der Waals surface area contributed by atoms with Crippen molar-refractivity contribution < 1.29 is 0 Å². The first-order chi connectivity index (χ1) is 10.1. The van der Waals surface area contributed by atoms with E-state index >= 15 is 0 Å². The zero-order valence-electron chi connectivity index (χ0n) is 10.7. The molecule has 0 atom stereocenters. The van der Waals surface area contributed by atoms with Gasteiger partial charge in [0.25, 0.3) is 11.1 Å². The van der Waals surface area contributed by atoms with Gasteiger partial charge in [-0.1, -0.05) is 36.4 Å². The monoisotopic (exact) mass is 282 g/mol. The summed E-state index contributed by atoms with van der Waals surface area (Å²) < 4.78 is 0. The lowest BCUT2D eigenvalue weighted by Crippen LogP contribution is -2.26. The Morgan fingerprint density at radius 2 is 1.62 bits per heavy atom. The zero-order valence-corrected chi connectivity index (χ0v) is 10.7. The van der Waals surface area contributed by atoms with Gasteiger partial charge >= 0.3 is 5.69 Å². The molecule has 0 radical (unpaired) electrons. The second kappa shape index (κ2) is 5.04. The van der Waals surface area contributed by atoms with Crippen LogP contribution in [-0.2, 0) is 0 Å². The number of fused-ring (bicyclic) bond motifs is 1. The zero-order chi connectivity index (χ0) is 14.8. The van der Waals surface area contributed by atoms with Crippen LogP contribution in [0, 0.1) is 0 Å². The van der Waals surface area contributed by atoms with Crippen molar-refractivity contribution in [2.24, 2.45) is 0 Å². The largest absolute Gasteiger partial charge is 0.327 e. The molecule has 2 heterocycles. The van der Waals surface area contributed by atoms with E-state index in [9.17, 15) is 14.4 Å². The predicted molar refractivity (Wildman–Crippen MR) is 79.0 cm³/mol. The summed E-state index contributed by atoms with van der Waals surface area (Å²) in [6.45, 7) is 0. The number of nitrogens with zero attached hydrogens (tertiary/aromatic N) is 1. The first-order valence-corrected chi connectivity index (χ1v) is 6.13. The highest BCUT2D eigenvalue weighted by Crippen LogP contribution is 2.04. The van der Waals surface area contributed by atoms with E-state index in [4.69, 9.17) is 0 Å². The van der Waals surface area contributed by atoms with Crippen molar-refractivity contribution in [1.82, 2.24) is 19.9 Å². The topological polar surface area (TPSA) is 111 Å². The highest BCUT2D eigenvalue weighted by molar-refractivity contribution is 5.72. The number of H-pyrrole nitrogens is 3. The van der Waals surface area contributed by atoms with Crippen molar-refractivity contribution in [3.05, 3.63) is 72.8 Å². The van der Waals surface area contributed by atoms with Gasteiger partial charge in [0, 0.05) is 0 Å². The summed E-state index contributed by atoms with van der Waals surface area (Å²) >= 11 is 0. The van der Waals surface area contributed by atoms with Crippen molar-refractivity contribution in [2.45, 2.75) is 0 Å². The third kappa shape index (κ3) is 2.57. The maximum atomic E-state index is 11.9. The van der Waals surface area contributed by atoms with Crippen LogP contribution in [0.5, 0.6) is 0 Å². The number of aromatic amines is 3. The van der Waals surface area contributed by atoms with Crippen molar-refractivity contribution in [3.8, 4) is 0 Å². The highest BCUT2D eigenvalue weighted by atomic mass is 16.2. The normalized spacial score (nSPS) is 11.2. The van der Waals surface area contributed by atoms with E-state index in [1.165, 1.54) is 6.08 Å². The molecule has 0 aliphatic rings. The molecular formula is C14H10N4O3. The van der Waals surface area contributed by atoms with Crippen molar-refractivity contribution in [2.75, 3.05) is 0 Å². The molecule has 3 rings (SSSR count). The van der Waals surface area contributed by atoms with Crippen LogP contribution in [0.25, 0.3) is 23.3 Å². The van der Waals surface area contributed by atoms with Crippen LogP contribution in [0.2, 0.25) is 0 Å². The van der Waals surface area contributed by atoms with E-state index in [2.05, 4.69) is 19.9 Å². The third-order valence-electron chi connectivity index (χ3n) is 2.85. The second-order valence-electron chi connectivity index (χ2n) is 4.33. The van der Waals surface area contributed by atoms with Gasteiger partial charge in [0.1, 0.15) is 11.3 Å². The van der Waals surface area contributed by atoms with Crippen molar-refractivity contribution in [1.29, 1.82) is 0 Å². The van der Waals surface area contributed by atoms with E-state index in [1.807, 2.05) is 30.3 Å². The molecule has 0 aliphatic heterocycles. The highest BCUT2D eigenvalue weighted by Gasteiger charge is 2.06. The van der Waals surface area contributed by atoms with Crippen LogP contribution in [-0.4, -0.2) is 19.9 Å². The van der Waals surface area contributed by atoms with Crippen LogP contribution < -0.4 is 16.8 Å². The Kier molecular flexibility index (Phi) is 3.07. The maximum Gasteiger partial charge on any atom is 0.327 e. The molecule has 21 heavy (non-hydrogen) atoms. The van der Waals surface area contributed by atoms with E-state index in [0.29, 0.717) is 0 Å². The number of rotatable bonds is 2. The van der Waals surface area contributed by atoms with Gasteiger partial charge in [0.2, 0.25) is 0 Å². The molecule has 1 aromatic carbocycles. The van der Waals surface area contributed by atoms with Gasteiger partial charge in [0.05, 0.1) is 0 Å². The lowest BCUT2D eigenvalue weighted by molar-refractivity contribution is 1.03. The molecule has 2 aromatic heterocycles. The van der Waals surface area contributed by atoms with Crippen molar-refractivity contribution >= 4 is 23.3 Å². The SMILES string of the molecule is O=c1[nH]c(=O)c2nc(/C=C/c3ccccc3)c(=O)[nH]c2[nH]1. The summed E-state index contributed by atoms with van der Waals surface area (Å²) in [6.07, 6.45) is 3.22. The minimum Gasteiger partial charge on any atom is -0.305 e. The maximum absolute atomic E-state index is 11.9. The van der Waals surface area contributed by atoms with E-state index in [-0.39, 0.29) is 16.9 Å². The molecule has 7 nitrogen and oxygen atoms in total. The molecule has 0 unspecified atom stereocenters. The minimum absolute atomic E-state index is 0.00520. The molecule has 0 amide bonds. The quantitative estimate of drug-likeness (QED) is 0.634. The molecule has 104 valence electrons. The number of hydrogen-bond acceptors (Lipinski definition) is 4. The first kappa shape index (κ1) is 12.8. The fourth-order valence-electron chi connectivity index (χ4n) is 1.88. The predicted octanol–water partition coefficient (Wildman–Crippen LogP) is 0.470. The lowest BCUT2D eigenvalue weighted by Gasteiger charge is -1.97. The molecule has 3 N–H and O–H groups in total. The van der Waals surface area contributed by atoms with Crippen LogP contribution in [0.1, 0.15) is 11.3 Å². The Bertz CT molecular complexity index is 996. The number of hydrogen-bond donors (Lipinski definition) is 3. The van der Waals surface area contributed by atoms with E-state index in [0.717, 1.165) is 5.56 Å². The van der Waals surface area contributed by atoms with E-state index in [1.54, 1.807) is 6.08 Å². The van der Waals surface area contributed by atoms with Gasteiger partial charge < -0.3 is 4.98 Å². The summed E-state index contributed by atoms with van der Waals surface area (Å²) in [4.78, 5) is 45.5. The first-order valence-electron chi connectivity index (χ1n) is 6.13.